The molecule has 0 heterocycles. The highest BCUT2D eigenvalue weighted by Crippen LogP contribution is 2.25. The first kappa shape index (κ1) is 13.6. The monoisotopic (exact) mass is 199 g/mol. The van der Waals surface area contributed by atoms with Crippen LogP contribution in [0.2, 0.25) is 0 Å². The maximum absolute atomic E-state index is 10.8. The van der Waals surface area contributed by atoms with Crippen LogP contribution in [0.4, 0.5) is 0 Å². The molecular formula is C12H25NO. The molecule has 0 rings (SSSR count). The standard InChI is InChI=1S/C12H25NO/c1-10(11(2,3)4)13(7)8-12(5,6)9-14/h9-10H,8H2,1-7H3. The third kappa shape index (κ3) is 4.23. The van der Waals surface area contributed by atoms with Crippen LogP contribution >= 0.6 is 0 Å². The Labute approximate surface area is 88.7 Å². The largest absolute Gasteiger partial charge is 0.303 e. The molecule has 0 radical (unpaired) electrons. The van der Waals surface area contributed by atoms with E-state index in [1.807, 2.05) is 13.8 Å². The number of aldehydes is 1. The molecule has 0 spiro atoms. The quantitative estimate of drug-likeness (QED) is 0.649. The van der Waals surface area contributed by atoms with Gasteiger partial charge in [-0.15, -0.1) is 0 Å². The van der Waals surface area contributed by atoms with Crippen LogP contribution < -0.4 is 0 Å². The van der Waals surface area contributed by atoms with Crippen LogP contribution in [0.3, 0.4) is 0 Å². The highest BCUT2D eigenvalue weighted by molar-refractivity contribution is 5.58. The highest BCUT2D eigenvalue weighted by atomic mass is 16.1. The van der Waals surface area contributed by atoms with E-state index in [2.05, 4.69) is 39.6 Å². The van der Waals surface area contributed by atoms with Gasteiger partial charge in [-0.1, -0.05) is 34.6 Å². The van der Waals surface area contributed by atoms with E-state index >= 15 is 0 Å². The Bertz CT molecular complexity index is 191. The topological polar surface area (TPSA) is 20.3 Å². The zero-order valence-corrected chi connectivity index (χ0v) is 10.7. The zero-order valence-electron chi connectivity index (χ0n) is 10.7. The number of carbonyl (C=O) groups is 1. The van der Waals surface area contributed by atoms with Crippen molar-refractivity contribution in [3.8, 4) is 0 Å². The predicted octanol–water partition coefficient (Wildman–Crippen LogP) is 2.58. The smallest absolute Gasteiger partial charge is 0.126 e. The number of hydrogen-bond donors (Lipinski definition) is 0. The Balaban J connectivity index is 4.35. The van der Waals surface area contributed by atoms with Gasteiger partial charge in [-0.2, -0.15) is 0 Å². The van der Waals surface area contributed by atoms with E-state index in [1.165, 1.54) is 0 Å². The van der Waals surface area contributed by atoms with E-state index in [0.717, 1.165) is 12.8 Å². The average molecular weight is 199 g/mol. The summed E-state index contributed by atoms with van der Waals surface area (Å²) in [5.41, 5.74) is 0.0158. The van der Waals surface area contributed by atoms with Gasteiger partial charge < -0.3 is 9.69 Å². The van der Waals surface area contributed by atoms with Crippen molar-refractivity contribution in [3.05, 3.63) is 0 Å². The van der Waals surface area contributed by atoms with E-state index in [0.29, 0.717) is 6.04 Å². The molecule has 0 aliphatic carbocycles. The molecule has 0 aliphatic rings. The number of carbonyl (C=O) groups excluding carboxylic acids is 1. The van der Waals surface area contributed by atoms with E-state index in [4.69, 9.17) is 0 Å². The molecule has 0 aliphatic heterocycles. The second-order valence-corrected chi connectivity index (χ2v) is 6.06. The van der Waals surface area contributed by atoms with Gasteiger partial charge in [-0.25, -0.2) is 0 Å². The van der Waals surface area contributed by atoms with Crippen molar-refractivity contribution in [2.24, 2.45) is 10.8 Å². The summed E-state index contributed by atoms with van der Waals surface area (Å²) in [6, 6.07) is 0.474. The van der Waals surface area contributed by atoms with Crippen molar-refractivity contribution >= 4 is 6.29 Å². The maximum atomic E-state index is 10.8. The van der Waals surface area contributed by atoms with Gasteiger partial charge in [0.25, 0.3) is 0 Å². The number of rotatable bonds is 4. The fraction of sp³-hybridized carbons (Fsp3) is 0.917. The lowest BCUT2D eigenvalue weighted by Crippen LogP contribution is -2.44. The predicted molar refractivity (Wildman–Crippen MR) is 61.4 cm³/mol. The molecule has 0 saturated heterocycles. The van der Waals surface area contributed by atoms with Gasteiger partial charge in [0.2, 0.25) is 0 Å². The summed E-state index contributed by atoms with van der Waals surface area (Å²) in [4.78, 5) is 13.1. The van der Waals surface area contributed by atoms with Crippen molar-refractivity contribution < 1.29 is 4.79 Å². The van der Waals surface area contributed by atoms with Gasteiger partial charge in [0.05, 0.1) is 0 Å². The van der Waals surface area contributed by atoms with Gasteiger partial charge in [0.15, 0.2) is 0 Å². The van der Waals surface area contributed by atoms with Gasteiger partial charge >= 0.3 is 0 Å². The summed E-state index contributed by atoms with van der Waals surface area (Å²) in [6.07, 6.45) is 1.04. The SMILES string of the molecule is CC(N(C)CC(C)(C)C=O)C(C)(C)C. The number of nitrogens with zero attached hydrogens (tertiary/aromatic N) is 1. The maximum Gasteiger partial charge on any atom is 0.126 e. The molecule has 1 atom stereocenters. The summed E-state index contributed by atoms with van der Waals surface area (Å²) in [6.45, 7) is 13.7. The molecule has 0 bridgehead atoms. The first-order valence-corrected chi connectivity index (χ1v) is 5.27. The summed E-state index contributed by atoms with van der Waals surface area (Å²) in [5, 5.41) is 0. The first-order valence-electron chi connectivity index (χ1n) is 5.27. The Morgan fingerprint density at radius 1 is 1.21 bits per heavy atom. The van der Waals surface area contributed by atoms with Gasteiger partial charge in [-0.3, -0.25) is 0 Å². The van der Waals surface area contributed by atoms with E-state index < -0.39 is 0 Å². The second-order valence-electron chi connectivity index (χ2n) is 6.06. The molecule has 0 amide bonds. The minimum Gasteiger partial charge on any atom is -0.303 e. The molecule has 0 aromatic heterocycles. The molecule has 0 aromatic carbocycles. The third-order valence-electron chi connectivity index (χ3n) is 2.89. The van der Waals surface area contributed by atoms with Crippen molar-refractivity contribution in [1.29, 1.82) is 0 Å². The van der Waals surface area contributed by atoms with Crippen molar-refractivity contribution in [2.75, 3.05) is 13.6 Å². The Morgan fingerprint density at radius 2 is 1.64 bits per heavy atom. The highest BCUT2D eigenvalue weighted by Gasteiger charge is 2.28. The lowest BCUT2D eigenvalue weighted by atomic mass is 9.85. The van der Waals surface area contributed by atoms with E-state index in [1.54, 1.807) is 0 Å². The number of hydrogen-bond acceptors (Lipinski definition) is 2. The van der Waals surface area contributed by atoms with Crippen LogP contribution in [0.15, 0.2) is 0 Å². The lowest BCUT2D eigenvalue weighted by molar-refractivity contribution is -0.115. The minimum atomic E-state index is -0.242. The van der Waals surface area contributed by atoms with Crippen LogP contribution in [-0.4, -0.2) is 30.8 Å². The van der Waals surface area contributed by atoms with Crippen molar-refractivity contribution in [1.82, 2.24) is 4.90 Å². The van der Waals surface area contributed by atoms with Crippen LogP contribution in [0, 0.1) is 10.8 Å². The van der Waals surface area contributed by atoms with Gasteiger partial charge in [0, 0.05) is 18.0 Å². The second kappa shape index (κ2) is 4.43. The van der Waals surface area contributed by atoms with E-state index in [-0.39, 0.29) is 10.8 Å². The minimum absolute atomic E-state index is 0.242. The molecule has 0 aromatic rings. The summed E-state index contributed by atoms with van der Waals surface area (Å²) in [5.74, 6) is 0. The molecule has 0 saturated carbocycles. The normalized spacial score (nSPS) is 15.7. The first-order chi connectivity index (χ1) is 6.10. The molecular weight excluding hydrogens is 174 g/mol. The van der Waals surface area contributed by atoms with Crippen LogP contribution in [0.25, 0.3) is 0 Å². The molecule has 0 N–H and O–H groups in total. The van der Waals surface area contributed by atoms with Crippen molar-refractivity contribution in [2.45, 2.75) is 47.6 Å². The van der Waals surface area contributed by atoms with Gasteiger partial charge in [-0.05, 0) is 19.4 Å². The molecule has 0 fully saturated rings. The zero-order chi connectivity index (χ0) is 11.6. The molecule has 1 unspecified atom stereocenters. The fourth-order valence-electron chi connectivity index (χ4n) is 1.48. The Kier molecular flexibility index (Phi) is 4.32. The van der Waals surface area contributed by atoms with Crippen molar-refractivity contribution in [3.63, 3.8) is 0 Å². The van der Waals surface area contributed by atoms with E-state index in [9.17, 15) is 4.79 Å². The molecule has 14 heavy (non-hydrogen) atoms. The van der Waals surface area contributed by atoms with Crippen LogP contribution in [-0.2, 0) is 4.79 Å². The summed E-state index contributed by atoms with van der Waals surface area (Å²) >= 11 is 0. The Morgan fingerprint density at radius 3 is 1.93 bits per heavy atom. The third-order valence-corrected chi connectivity index (χ3v) is 2.89. The Hall–Kier alpha value is -0.370. The van der Waals surface area contributed by atoms with Crippen LogP contribution in [0.5, 0.6) is 0 Å². The molecule has 2 nitrogen and oxygen atoms in total. The molecule has 2 heteroatoms. The molecule has 84 valence electrons. The average Bonchev–Trinajstić information content (AvgIpc) is 2.00. The summed E-state index contributed by atoms with van der Waals surface area (Å²) in [7, 11) is 2.08. The van der Waals surface area contributed by atoms with Crippen LogP contribution in [0.1, 0.15) is 41.5 Å². The summed E-state index contributed by atoms with van der Waals surface area (Å²) < 4.78 is 0. The fourth-order valence-corrected chi connectivity index (χ4v) is 1.48. The lowest BCUT2D eigenvalue weighted by Gasteiger charge is -2.38. The van der Waals surface area contributed by atoms with Gasteiger partial charge in [0.1, 0.15) is 6.29 Å².